The van der Waals surface area contributed by atoms with Gasteiger partial charge in [0.25, 0.3) is 0 Å². The molecule has 16 heavy (non-hydrogen) atoms. The molecule has 5 nitrogen and oxygen atoms in total. The van der Waals surface area contributed by atoms with E-state index in [1.54, 1.807) is 0 Å². The van der Waals surface area contributed by atoms with Gasteiger partial charge in [-0.3, -0.25) is 0 Å². The Labute approximate surface area is 98.0 Å². The van der Waals surface area contributed by atoms with Gasteiger partial charge in [-0.15, -0.1) is 0 Å². The van der Waals surface area contributed by atoms with Crippen LogP contribution in [0, 0.1) is 5.92 Å². The Morgan fingerprint density at radius 2 is 2.25 bits per heavy atom. The lowest BCUT2D eigenvalue weighted by Gasteiger charge is -2.22. The third-order valence-electron chi connectivity index (χ3n) is 2.64. The highest BCUT2D eigenvalue weighted by atomic mass is 32.2. The Hall–Kier alpha value is -0.170. The lowest BCUT2D eigenvalue weighted by Crippen LogP contribution is -2.36. The van der Waals surface area contributed by atoms with E-state index in [1.807, 2.05) is 6.92 Å². The van der Waals surface area contributed by atoms with E-state index in [-0.39, 0.29) is 5.75 Å². The van der Waals surface area contributed by atoms with Gasteiger partial charge in [0.05, 0.1) is 12.4 Å². The highest BCUT2D eigenvalue weighted by Gasteiger charge is 2.17. The Bertz CT molecular complexity index is 274. The molecular weight excluding hydrogens is 228 g/mol. The van der Waals surface area contributed by atoms with Crippen LogP contribution in [0.25, 0.3) is 0 Å². The highest BCUT2D eigenvalue weighted by molar-refractivity contribution is 7.89. The molecule has 1 aliphatic heterocycles. The van der Waals surface area contributed by atoms with Gasteiger partial charge in [0.15, 0.2) is 0 Å². The monoisotopic (exact) mass is 250 g/mol. The molecule has 0 aromatic rings. The lowest BCUT2D eigenvalue weighted by molar-refractivity contribution is 0.0568. The van der Waals surface area contributed by atoms with E-state index in [0.29, 0.717) is 25.6 Å². The predicted molar refractivity (Wildman–Crippen MR) is 63.9 cm³/mol. The van der Waals surface area contributed by atoms with Crippen LogP contribution in [-0.4, -0.2) is 47.0 Å². The Kier molecular flexibility index (Phi) is 6.26. The third kappa shape index (κ3) is 5.79. The summed E-state index contributed by atoms with van der Waals surface area (Å²) in [5.41, 5.74) is 0. The predicted octanol–water partition coefficient (Wildman–Crippen LogP) is -0.0581. The minimum Gasteiger partial charge on any atom is -0.381 e. The van der Waals surface area contributed by atoms with Crippen molar-refractivity contribution in [2.45, 2.75) is 19.8 Å². The van der Waals surface area contributed by atoms with Crippen molar-refractivity contribution >= 4 is 10.0 Å². The van der Waals surface area contributed by atoms with Crippen LogP contribution in [0.15, 0.2) is 0 Å². The Balaban J connectivity index is 2.18. The molecule has 0 radical (unpaired) electrons. The van der Waals surface area contributed by atoms with Crippen LogP contribution in [0.2, 0.25) is 0 Å². The smallest absolute Gasteiger partial charge is 0.212 e. The van der Waals surface area contributed by atoms with Gasteiger partial charge in [-0.25, -0.2) is 13.1 Å². The molecule has 0 aromatic carbocycles. The molecule has 0 bridgehead atoms. The molecule has 0 amide bonds. The largest absolute Gasteiger partial charge is 0.381 e. The average molecular weight is 250 g/mol. The zero-order chi connectivity index (χ0) is 11.9. The van der Waals surface area contributed by atoms with Crippen LogP contribution in [-0.2, 0) is 14.8 Å². The molecule has 6 heteroatoms. The zero-order valence-corrected chi connectivity index (χ0v) is 10.7. The maximum atomic E-state index is 11.6. The molecule has 0 aromatic heterocycles. The maximum absolute atomic E-state index is 11.6. The summed E-state index contributed by atoms with van der Waals surface area (Å²) >= 11 is 0. The van der Waals surface area contributed by atoms with Gasteiger partial charge in [0.1, 0.15) is 0 Å². The van der Waals surface area contributed by atoms with E-state index in [0.717, 1.165) is 26.0 Å². The molecule has 96 valence electrons. The number of ether oxygens (including phenoxy) is 1. The molecule has 0 saturated carbocycles. The van der Waals surface area contributed by atoms with Crippen LogP contribution in [0.5, 0.6) is 0 Å². The van der Waals surface area contributed by atoms with Gasteiger partial charge in [0.2, 0.25) is 10.0 Å². The maximum Gasteiger partial charge on any atom is 0.212 e. The van der Waals surface area contributed by atoms with Gasteiger partial charge in [-0.2, -0.15) is 0 Å². The first kappa shape index (κ1) is 13.9. The van der Waals surface area contributed by atoms with E-state index in [9.17, 15) is 8.42 Å². The first-order valence-corrected chi connectivity index (χ1v) is 7.55. The second-order valence-electron chi connectivity index (χ2n) is 4.10. The summed E-state index contributed by atoms with van der Waals surface area (Å²) in [6.07, 6.45) is 2.08. The summed E-state index contributed by atoms with van der Waals surface area (Å²) in [4.78, 5) is 0. The van der Waals surface area contributed by atoms with Crippen LogP contribution < -0.4 is 10.0 Å². The number of rotatable bonds is 7. The Morgan fingerprint density at radius 3 is 2.88 bits per heavy atom. The summed E-state index contributed by atoms with van der Waals surface area (Å²) < 4.78 is 31.1. The van der Waals surface area contributed by atoms with E-state index >= 15 is 0 Å². The SMILES string of the molecule is CCNCCS(=O)(=O)NCC1CCCOC1. The summed E-state index contributed by atoms with van der Waals surface area (Å²) in [5, 5.41) is 3.00. The second-order valence-corrected chi connectivity index (χ2v) is 6.03. The fourth-order valence-electron chi connectivity index (χ4n) is 1.67. The zero-order valence-electron chi connectivity index (χ0n) is 9.87. The van der Waals surface area contributed by atoms with Gasteiger partial charge < -0.3 is 10.1 Å². The first-order valence-electron chi connectivity index (χ1n) is 5.90. The van der Waals surface area contributed by atoms with Gasteiger partial charge in [-0.1, -0.05) is 6.92 Å². The third-order valence-corrected chi connectivity index (χ3v) is 3.99. The van der Waals surface area contributed by atoms with Gasteiger partial charge in [-0.05, 0) is 25.3 Å². The van der Waals surface area contributed by atoms with Crippen molar-refractivity contribution in [3.8, 4) is 0 Å². The number of nitrogens with one attached hydrogen (secondary N) is 2. The summed E-state index contributed by atoms with van der Waals surface area (Å²) in [7, 11) is -3.12. The van der Waals surface area contributed by atoms with Crippen molar-refractivity contribution < 1.29 is 13.2 Å². The molecule has 2 N–H and O–H groups in total. The van der Waals surface area contributed by atoms with Crippen molar-refractivity contribution in [2.75, 3.05) is 38.6 Å². The van der Waals surface area contributed by atoms with Crippen molar-refractivity contribution in [1.29, 1.82) is 0 Å². The normalized spacial score (nSPS) is 22.2. The topological polar surface area (TPSA) is 67.4 Å². The first-order chi connectivity index (χ1) is 7.64. The van der Waals surface area contributed by atoms with Crippen molar-refractivity contribution in [2.24, 2.45) is 5.92 Å². The van der Waals surface area contributed by atoms with Crippen molar-refractivity contribution in [3.05, 3.63) is 0 Å². The van der Waals surface area contributed by atoms with Crippen LogP contribution in [0.4, 0.5) is 0 Å². The minimum absolute atomic E-state index is 0.147. The molecule has 1 aliphatic rings. The van der Waals surface area contributed by atoms with Crippen molar-refractivity contribution in [3.63, 3.8) is 0 Å². The second kappa shape index (κ2) is 7.21. The number of hydrogen-bond donors (Lipinski definition) is 2. The van der Waals surface area contributed by atoms with E-state index in [1.165, 1.54) is 0 Å². The number of hydrogen-bond acceptors (Lipinski definition) is 4. The van der Waals surface area contributed by atoms with Crippen LogP contribution in [0.1, 0.15) is 19.8 Å². The Morgan fingerprint density at radius 1 is 1.44 bits per heavy atom. The molecule has 1 unspecified atom stereocenters. The average Bonchev–Trinajstić information content (AvgIpc) is 2.28. The molecule has 0 aliphatic carbocycles. The molecule has 1 fully saturated rings. The number of sulfonamides is 1. The van der Waals surface area contributed by atoms with Gasteiger partial charge >= 0.3 is 0 Å². The van der Waals surface area contributed by atoms with Gasteiger partial charge in [0, 0.05) is 19.7 Å². The van der Waals surface area contributed by atoms with Crippen LogP contribution in [0.3, 0.4) is 0 Å². The quantitative estimate of drug-likeness (QED) is 0.621. The van der Waals surface area contributed by atoms with E-state index < -0.39 is 10.0 Å². The van der Waals surface area contributed by atoms with Crippen LogP contribution >= 0.6 is 0 Å². The summed E-state index contributed by atoms with van der Waals surface area (Å²) in [6.45, 7) is 5.26. The molecular formula is C10H22N2O3S. The fraction of sp³-hybridized carbons (Fsp3) is 1.00. The summed E-state index contributed by atoms with van der Waals surface area (Å²) in [6, 6.07) is 0. The van der Waals surface area contributed by atoms with Crippen molar-refractivity contribution in [1.82, 2.24) is 10.0 Å². The molecule has 1 heterocycles. The molecule has 1 saturated heterocycles. The highest BCUT2D eigenvalue weighted by Crippen LogP contribution is 2.12. The standard InChI is InChI=1S/C10H22N2O3S/c1-2-11-5-7-16(13,14)12-8-10-4-3-6-15-9-10/h10-12H,2-9H2,1H3. The lowest BCUT2D eigenvalue weighted by atomic mass is 10.0. The van der Waals surface area contributed by atoms with E-state index in [2.05, 4.69) is 10.0 Å². The van der Waals surface area contributed by atoms with E-state index in [4.69, 9.17) is 4.74 Å². The minimum atomic E-state index is -3.12. The fourth-order valence-corrected chi connectivity index (χ4v) is 2.72. The molecule has 1 atom stereocenters. The summed E-state index contributed by atoms with van der Waals surface area (Å²) in [5.74, 6) is 0.483. The molecule has 1 rings (SSSR count). The molecule has 0 spiro atoms.